The van der Waals surface area contributed by atoms with Gasteiger partial charge in [-0.1, -0.05) is 61.7 Å². The van der Waals surface area contributed by atoms with E-state index in [0.717, 1.165) is 46.7 Å². The van der Waals surface area contributed by atoms with Crippen molar-refractivity contribution in [2.75, 3.05) is 18.0 Å². The average molecular weight is 671 g/mol. The van der Waals surface area contributed by atoms with Crippen molar-refractivity contribution in [1.29, 1.82) is 0 Å². The Hall–Kier alpha value is -3.37. The summed E-state index contributed by atoms with van der Waals surface area (Å²) < 4.78 is 35.2. The predicted octanol–water partition coefficient (Wildman–Crippen LogP) is 6.14. The molecule has 10 heteroatoms. The monoisotopic (exact) mass is 669 g/mol. The first-order chi connectivity index (χ1) is 20.5. The van der Waals surface area contributed by atoms with Gasteiger partial charge in [0, 0.05) is 12.6 Å². The highest BCUT2D eigenvalue weighted by atomic mass is 79.9. The number of sulfonamides is 1. The number of rotatable bonds is 12. The van der Waals surface area contributed by atoms with Crippen molar-refractivity contribution in [3.63, 3.8) is 0 Å². The molecule has 3 aromatic carbocycles. The van der Waals surface area contributed by atoms with Gasteiger partial charge < -0.3 is 15.0 Å². The second kappa shape index (κ2) is 14.4. The summed E-state index contributed by atoms with van der Waals surface area (Å²) in [6.45, 7) is 5.45. The minimum atomic E-state index is -4.20. The van der Waals surface area contributed by atoms with E-state index in [4.69, 9.17) is 4.74 Å². The molecule has 1 fully saturated rings. The fourth-order valence-corrected chi connectivity index (χ4v) is 7.57. The molecule has 0 aliphatic heterocycles. The third-order valence-electron chi connectivity index (χ3n) is 8.00. The SMILES string of the molecule is CCC(C(=O)NC1CCCC1)N(Cc1ccccc1C)C(=O)CN(c1ccc(C)cc1)S(=O)(=O)c1ccc(OC)c(Br)c1. The van der Waals surface area contributed by atoms with E-state index in [9.17, 15) is 18.0 Å². The van der Waals surface area contributed by atoms with Crippen LogP contribution in [0.3, 0.4) is 0 Å². The Morgan fingerprint density at radius 1 is 1.02 bits per heavy atom. The van der Waals surface area contributed by atoms with Gasteiger partial charge in [0.25, 0.3) is 10.0 Å². The summed E-state index contributed by atoms with van der Waals surface area (Å²) >= 11 is 3.39. The van der Waals surface area contributed by atoms with E-state index in [-0.39, 0.29) is 23.4 Å². The molecule has 2 amide bonds. The predicted molar refractivity (Wildman–Crippen MR) is 173 cm³/mol. The zero-order valence-corrected chi connectivity index (χ0v) is 27.6. The summed E-state index contributed by atoms with van der Waals surface area (Å²) in [5, 5.41) is 3.15. The van der Waals surface area contributed by atoms with Gasteiger partial charge in [-0.25, -0.2) is 8.42 Å². The van der Waals surface area contributed by atoms with Crippen LogP contribution in [0.2, 0.25) is 0 Å². The van der Waals surface area contributed by atoms with Gasteiger partial charge in [-0.15, -0.1) is 0 Å². The lowest BCUT2D eigenvalue weighted by molar-refractivity contribution is -0.140. The molecule has 4 rings (SSSR count). The third kappa shape index (κ3) is 7.78. The van der Waals surface area contributed by atoms with Crippen LogP contribution >= 0.6 is 15.9 Å². The second-order valence-electron chi connectivity index (χ2n) is 11.0. The standard InChI is InChI=1S/C33H40BrN3O5S/c1-5-30(33(39)35-26-12-8-9-13-26)36(21-25-11-7-6-10-24(25)3)32(38)22-37(27-16-14-23(2)15-17-27)43(40,41)28-18-19-31(42-4)29(34)20-28/h6-7,10-11,14-20,26,30H,5,8-9,12-13,21-22H2,1-4H3,(H,35,39). The maximum Gasteiger partial charge on any atom is 0.264 e. The molecule has 8 nitrogen and oxygen atoms in total. The number of aryl methyl sites for hydroxylation is 2. The molecule has 0 aromatic heterocycles. The van der Waals surface area contributed by atoms with Crippen LogP contribution in [-0.4, -0.2) is 50.9 Å². The number of ether oxygens (including phenoxy) is 1. The number of nitrogens with one attached hydrogen (secondary N) is 1. The van der Waals surface area contributed by atoms with Crippen molar-refractivity contribution in [3.8, 4) is 5.75 Å². The van der Waals surface area contributed by atoms with E-state index in [0.29, 0.717) is 22.3 Å². The summed E-state index contributed by atoms with van der Waals surface area (Å²) in [6.07, 6.45) is 4.37. The average Bonchev–Trinajstić information content (AvgIpc) is 3.50. The smallest absolute Gasteiger partial charge is 0.264 e. The molecule has 43 heavy (non-hydrogen) atoms. The van der Waals surface area contributed by atoms with Crippen molar-refractivity contribution < 1.29 is 22.7 Å². The van der Waals surface area contributed by atoms with Gasteiger partial charge in [-0.2, -0.15) is 0 Å². The maximum atomic E-state index is 14.3. The van der Waals surface area contributed by atoms with Gasteiger partial charge in [0.2, 0.25) is 11.8 Å². The topological polar surface area (TPSA) is 96.0 Å². The van der Waals surface area contributed by atoms with E-state index in [1.807, 2.05) is 45.0 Å². The van der Waals surface area contributed by atoms with Crippen LogP contribution in [-0.2, 0) is 26.2 Å². The van der Waals surface area contributed by atoms with Crippen molar-refractivity contribution >= 4 is 43.5 Å². The number of anilines is 1. The number of methoxy groups -OCH3 is 1. The van der Waals surface area contributed by atoms with Gasteiger partial charge >= 0.3 is 0 Å². The van der Waals surface area contributed by atoms with Crippen LogP contribution in [0.15, 0.2) is 76.1 Å². The first-order valence-electron chi connectivity index (χ1n) is 14.6. The van der Waals surface area contributed by atoms with Gasteiger partial charge in [0.1, 0.15) is 18.3 Å². The Labute approximate surface area is 263 Å². The highest BCUT2D eigenvalue weighted by Crippen LogP contribution is 2.31. The van der Waals surface area contributed by atoms with E-state index in [1.54, 1.807) is 30.3 Å². The molecule has 0 spiro atoms. The Kier molecular flexibility index (Phi) is 10.9. The van der Waals surface area contributed by atoms with Crippen molar-refractivity contribution in [3.05, 3.63) is 87.9 Å². The molecule has 230 valence electrons. The fourth-order valence-electron chi connectivity index (χ4n) is 5.43. The molecule has 1 unspecified atom stereocenters. The van der Waals surface area contributed by atoms with E-state index >= 15 is 0 Å². The normalized spacial score (nSPS) is 14.3. The second-order valence-corrected chi connectivity index (χ2v) is 13.7. The molecule has 0 bridgehead atoms. The molecule has 3 aromatic rings. The lowest BCUT2D eigenvalue weighted by Gasteiger charge is -2.34. The van der Waals surface area contributed by atoms with Crippen LogP contribution in [0.1, 0.15) is 55.7 Å². The number of hydrogen-bond acceptors (Lipinski definition) is 5. The molecule has 0 heterocycles. The Morgan fingerprint density at radius 2 is 1.70 bits per heavy atom. The lowest BCUT2D eigenvalue weighted by atomic mass is 10.1. The zero-order valence-electron chi connectivity index (χ0n) is 25.2. The molecule has 0 saturated heterocycles. The van der Waals surface area contributed by atoms with Crippen LogP contribution in [0.4, 0.5) is 5.69 Å². The van der Waals surface area contributed by atoms with Gasteiger partial charge in [0.15, 0.2) is 0 Å². The molecule has 0 radical (unpaired) electrons. The number of nitrogens with zero attached hydrogens (tertiary/aromatic N) is 2. The molecular formula is C33H40BrN3O5S. The van der Waals surface area contributed by atoms with Crippen LogP contribution < -0.4 is 14.4 Å². The summed E-state index contributed by atoms with van der Waals surface area (Å²) in [7, 11) is -2.69. The lowest BCUT2D eigenvalue weighted by Crippen LogP contribution is -2.53. The molecule has 1 N–H and O–H groups in total. The summed E-state index contributed by atoms with van der Waals surface area (Å²) in [6, 6.07) is 18.5. The van der Waals surface area contributed by atoms with Crippen LogP contribution in [0.5, 0.6) is 5.75 Å². The van der Waals surface area contributed by atoms with E-state index < -0.39 is 28.5 Å². The third-order valence-corrected chi connectivity index (χ3v) is 10.4. The Morgan fingerprint density at radius 3 is 2.30 bits per heavy atom. The van der Waals surface area contributed by atoms with Crippen LogP contribution in [0.25, 0.3) is 0 Å². The van der Waals surface area contributed by atoms with Gasteiger partial charge in [0.05, 0.1) is 22.2 Å². The largest absolute Gasteiger partial charge is 0.496 e. The van der Waals surface area contributed by atoms with E-state index in [2.05, 4.69) is 21.2 Å². The van der Waals surface area contributed by atoms with E-state index in [1.165, 1.54) is 24.1 Å². The summed E-state index contributed by atoms with van der Waals surface area (Å²) in [5.41, 5.74) is 3.19. The molecule has 1 atom stereocenters. The number of carbonyl (C=O) groups excluding carboxylic acids is 2. The first kappa shape index (κ1) is 32.5. The highest BCUT2D eigenvalue weighted by Gasteiger charge is 2.35. The quantitative estimate of drug-likeness (QED) is 0.250. The fraction of sp³-hybridized carbons (Fsp3) is 0.394. The first-order valence-corrected chi connectivity index (χ1v) is 16.9. The Balaban J connectivity index is 1.73. The molecule has 1 saturated carbocycles. The molecule has 1 aliphatic rings. The molecule has 1 aliphatic carbocycles. The number of hydrogen-bond donors (Lipinski definition) is 1. The number of carbonyl (C=O) groups is 2. The van der Waals surface area contributed by atoms with Gasteiger partial charge in [-0.3, -0.25) is 13.9 Å². The number of halogens is 1. The van der Waals surface area contributed by atoms with Crippen LogP contribution in [0, 0.1) is 13.8 Å². The molecular weight excluding hydrogens is 630 g/mol. The Bertz CT molecular complexity index is 1540. The van der Waals surface area contributed by atoms with Crippen molar-refractivity contribution in [1.82, 2.24) is 10.2 Å². The highest BCUT2D eigenvalue weighted by molar-refractivity contribution is 9.10. The van der Waals surface area contributed by atoms with Gasteiger partial charge in [-0.05, 0) is 90.5 Å². The summed E-state index contributed by atoms with van der Waals surface area (Å²) in [4.78, 5) is 29.5. The maximum absolute atomic E-state index is 14.3. The zero-order chi connectivity index (χ0) is 31.1. The summed E-state index contributed by atoms with van der Waals surface area (Å²) in [5.74, 6) is -0.186. The van der Waals surface area contributed by atoms with Crippen molar-refractivity contribution in [2.24, 2.45) is 0 Å². The number of amides is 2. The van der Waals surface area contributed by atoms with Crippen molar-refractivity contribution in [2.45, 2.75) is 76.4 Å². The number of benzene rings is 3. The minimum Gasteiger partial charge on any atom is -0.496 e. The minimum absolute atomic E-state index is 0.00465.